The lowest BCUT2D eigenvalue weighted by molar-refractivity contribution is -0.146. The molecule has 3 rings (SSSR count). The van der Waals surface area contributed by atoms with Crippen LogP contribution in [0.25, 0.3) is 0 Å². The molecular formula is C15H25NO4. The third-order valence-corrected chi connectivity index (χ3v) is 5.28. The van der Waals surface area contributed by atoms with Crippen LogP contribution in [0.2, 0.25) is 0 Å². The number of aliphatic carboxylic acids is 1. The molecule has 3 fully saturated rings. The number of carboxylic acids is 1. The Morgan fingerprint density at radius 1 is 1.35 bits per heavy atom. The summed E-state index contributed by atoms with van der Waals surface area (Å²) in [6.45, 7) is 5.41. The first-order chi connectivity index (χ1) is 9.60. The van der Waals surface area contributed by atoms with Crippen molar-refractivity contribution in [3.8, 4) is 0 Å². The minimum absolute atomic E-state index is 0.0632. The number of nitrogens with zero attached hydrogens (tertiary/aromatic N) is 1. The summed E-state index contributed by atoms with van der Waals surface area (Å²) in [5.74, 6) is -0.797. The van der Waals surface area contributed by atoms with E-state index in [1.807, 2.05) is 0 Å². The van der Waals surface area contributed by atoms with E-state index in [2.05, 4.69) is 11.8 Å². The van der Waals surface area contributed by atoms with Crippen LogP contribution in [0.3, 0.4) is 0 Å². The average Bonchev–Trinajstić information content (AvgIpc) is 2.86. The van der Waals surface area contributed by atoms with Crippen LogP contribution >= 0.6 is 0 Å². The fourth-order valence-electron chi connectivity index (χ4n) is 4.11. The van der Waals surface area contributed by atoms with E-state index >= 15 is 0 Å². The second kappa shape index (κ2) is 5.62. The van der Waals surface area contributed by atoms with Gasteiger partial charge in [-0.3, -0.25) is 9.69 Å². The maximum Gasteiger partial charge on any atom is 0.306 e. The van der Waals surface area contributed by atoms with Gasteiger partial charge in [0.15, 0.2) is 0 Å². The summed E-state index contributed by atoms with van der Waals surface area (Å²) in [5, 5.41) is 9.17. The van der Waals surface area contributed by atoms with Crippen molar-refractivity contribution < 1.29 is 19.4 Å². The van der Waals surface area contributed by atoms with Gasteiger partial charge in [-0.2, -0.15) is 0 Å². The van der Waals surface area contributed by atoms with Crippen LogP contribution in [0.15, 0.2) is 0 Å². The van der Waals surface area contributed by atoms with Crippen LogP contribution in [0.4, 0.5) is 0 Å². The molecule has 4 atom stereocenters. The van der Waals surface area contributed by atoms with E-state index in [1.165, 1.54) is 0 Å². The Morgan fingerprint density at radius 3 is 2.85 bits per heavy atom. The molecule has 1 N–H and O–H groups in total. The Balaban J connectivity index is 1.63. The zero-order valence-corrected chi connectivity index (χ0v) is 12.2. The molecule has 0 aromatic rings. The van der Waals surface area contributed by atoms with Crippen molar-refractivity contribution in [2.45, 2.75) is 56.7 Å². The molecule has 0 radical (unpaired) electrons. The Hall–Kier alpha value is -0.650. The number of hydrogen-bond donors (Lipinski definition) is 1. The molecule has 20 heavy (non-hydrogen) atoms. The minimum Gasteiger partial charge on any atom is -0.481 e. The van der Waals surface area contributed by atoms with Crippen molar-refractivity contribution >= 4 is 5.97 Å². The Labute approximate surface area is 120 Å². The second-order valence-corrected chi connectivity index (χ2v) is 6.63. The van der Waals surface area contributed by atoms with Gasteiger partial charge in [0, 0.05) is 31.7 Å². The summed E-state index contributed by atoms with van der Waals surface area (Å²) in [6.07, 6.45) is 4.65. The number of carbonyl (C=O) groups is 1. The van der Waals surface area contributed by atoms with E-state index in [-0.39, 0.29) is 11.5 Å². The Bertz CT molecular complexity index is 367. The number of piperidine rings is 1. The van der Waals surface area contributed by atoms with Crippen molar-refractivity contribution in [3.63, 3.8) is 0 Å². The van der Waals surface area contributed by atoms with E-state index in [0.29, 0.717) is 12.1 Å². The minimum atomic E-state index is -0.635. The van der Waals surface area contributed by atoms with E-state index in [4.69, 9.17) is 14.6 Å². The molecule has 0 aromatic heterocycles. The molecule has 114 valence electrons. The number of rotatable bonds is 2. The normalized spacial score (nSPS) is 43.0. The molecule has 0 bridgehead atoms. The van der Waals surface area contributed by atoms with Crippen LogP contribution in [0.5, 0.6) is 0 Å². The predicted molar refractivity (Wildman–Crippen MR) is 73.7 cm³/mol. The van der Waals surface area contributed by atoms with Crippen molar-refractivity contribution in [2.24, 2.45) is 5.92 Å². The van der Waals surface area contributed by atoms with Crippen LogP contribution in [-0.2, 0) is 14.3 Å². The lowest BCUT2D eigenvalue weighted by atomic mass is 9.85. The highest BCUT2D eigenvalue weighted by Gasteiger charge is 2.44. The molecule has 4 unspecified atom stereocenters. The molecular weight excluding hydrogens is 258 g/mol. The smallest absolute Gasteiger partial charge is 0.306 e. The molecule has 5 heteroatoms. The van der Waals surface area contributed by atoms with Crippen molar-refractivity contribution in [1.29, 1.82) is 0 Å². The van der Waals surface area contributed by atoms with Gasteiger partial charge in [-0.25, -0.2) is 0 Å². The first kappa shape index (κ1) is 14.3. The molecule has 0 amide bonds. The van der Waals surface area contributed by atoms with Gasteiger partial charge in [-0.05, 0) is 39.2 Å². The fraction of sp³-hybridized carbons (Fsp3) is 0.933. The molecule has 0 aromatic carbocycles. The first-order valence-corrected chi connectivity index (χ1v) is 7.80. The van der Waals surface area contributed by atoms with Gasteiger partial charge in [0.05, 0.1) is 18.1 Å². The Morgan fingerprint density at radius 2 is 2.20 bits per heavy atom. The van der Waals surface area contributed by atoms with Crippen molar-refractivity contribution in [2.75, 3.05) is 26.4 Å². The van der Waals surface area contributed by atoms with E-state index < -0.39 is 5.97 Å². The van der Waals surface area contributed by atoms with Gasteiger partial charge in [0.1, 0.15) is 0 Å². The SMILES string of the molecule is CC1CC(C(=O)O)CCN1C1CCOC2(CCOC2)C1. The summed E-state index contributed by atoms with van der Waals surface area (Å²) in [4.78, 5) is 13.6. The summed E-state index contributed by atoms with van der Waals surface area (Å²) in [5.41, 5.74) is -0.0632. The summed E-state index contributed by atoms with van der Waals surface area (Å²) in [7, 11) is 0. The van der Waals surface area contributed by atoms with Crippen LogP contribution in [-0.4, -0.2) is 60.0 Å². The number of carboxylic acid groups (broad SMARTS) is 1. The molecule has 3 saturated heterocycles. The van der Waals surface area contributed by atoms with E-state index in [1.54, 1.807) is 0 Å². The third kappa shape index (κ3) is 2.71. The highest BCUT2D eigenvalue weighted by Crippen LogP contribution is 2.37. The third-order valence-electron chi connectivity index (χ3n) is 5.28. The summed E-state index contributed by atoms with van der Waals surface area (Å²) >= 11 is 0. The molecule has 0 aliphatic carbocycles. The van der Waals surface area contributed by atoms with Gasteiger partial charge in [0.25, 0.3) is 0 Å². The maximum atomic E-state index is 11.1. The zero-order chi connectivity index (χ0) is 14.2. The molecule has 1 spiro atoms. The highest BCUT2D eigenvalue weighted by atomic mass is 16.6. The molecule has 5 nitrogen and oxygen atoms in total. The monoisotopic (exact) mass is 283 g/mol. The number of hydrogen-bond acceptors (Lipinski definition) is 4. The maximum absolute atomic E-state index is 11.1. The predicted octanol–water partition coefficient (Wildman–Crippen LogP) is 1.51. The topological polar surface area (TPSA) is 59.0 Å². The van der Waals surface area contributed by atoms with Crippen LogP contribution in [0.1, 0.15) is 39.0 Å². The molecule has 3 aliphatic rings. The first-order valence-electron chi connectivity index (χ1n) is 7.80. The zero-order valence-electron chi connectivity index (χ0n) is 12.2. The van der Waals surface area contributed by atoms with E-state index in [0.717, 1.165) is 58.5 Å². The van der Waals surface area contributed by atoms with Gasteiger partial charge < -0.3 is 14.6 Å². The largest absolute Gasteiger partial charge is 0.481 e. The summed E-state index contributed by atoms with van der Waals surface area (Å²) < 4.78 is 11.5. The van der Waals surface area contributed by atoms with Gasteiger partial charge >= 0.3 is 5.97 Å². The quantitative estimate of drug-likeness (QED) is 0.832. The van der Waals surface area contributed by atoms with Gasteiger partial charge in [0.2, 0.25) is 0 Å². The molecule has 3 heterocycles. The number of ether oxygens (including phenoxy) is 2. The lowest BCUT2D eigenvalue weighted by Crippen LogP contribution is -2.54. The fourth-order valence-corrected chi connectivity index (χ4v) is 4.11. The molecule has 0 saturated carbocycles. The van der Waals surface area contributed by atoms with Gasteiger partial charge in [-0.15, -0.1) is 0 Å². The number of likely N-dealkylation sites (tertiary alicyclic amines) is 1. The van der Waals surface area contributed by atoms with E-state index in [9.17, 15) is 4.79 Å². The van der Waals surface area contributed by atoms with Crippen molar-refractivity contribution in [1.82, 2.24) is 4.90 Å². The average molecular weight is 283 g/mol. The van der Waals surface area contributed by atoms with Crippen LogP contribution < -0.4 is 0 Å². The second-order valence-electron chi connectivity index (χ2n) is 6.63. The lowest BCUT2D eigenvalue weighted by Gasteiger charge is -2.47. The standard InChI is InChI=1S/C15H25NO4/c1-11-8-12(14(17)18)2-5-16(11)13-3-6-20-15(9-13)4-7-19-10-15/h11-13H,2-10H2,1H3,(H,17,18). The Kier molecular flexibility index (Phi) is 4.02. The van der Waals surface area contributed by atoms with Gasteiger partial charge in [-0.1, -0.05) is 0 Å². The van der Waals surface area contributed by atoms with Crippen LogP contribution in [0, 0.1) is 5.92 Å². The highest BCUT2D eigenvalue weighted by molar-refractivity contribution is 5.70. The summed E-state index contributed by atoms with van der Waals surface area (Å²) in [6, 6.07) is 0.877. The van der Waals surface area contributed by atoms with Crippen molar-refractivity contribution in [3.05, 3.63) is 0 Å². The molecule has 3 aliphatic heterocycles.